The van der Waals surface area contributed by atoms with Gasteiger partial charge in [0, 0.05) is 15.6 Å². The zero-order valence-electron chi connectivity index (χ0n) is 7.65. The first kappa shape index (κ1) is 11.2. The first-order chi connectivity index (χ1) is 7.25. The van der Waals surface area contributed by atoms with Crippen LogP contribution in [0.1, 0.15) is 0 Å². The van der Waals surface area contributed by atoms with Gasteiger partial charge < -0.3 is 0 Å². The highest BCUT2D eigenvalue weighted by atomic mass is 79.9. The number of pyridine rings is 1. The summed E-state index contributed by atoms with van der Waals surface area (Å²) in [5, 5.41) is 0.986. The van der Waals surface area contributed by atoms with Gasteiger partial charge in [-0.05, 0) is 52.3 Å². The minimum Gasteiger partial charge on any atom is -0.248 e. The summed E-state index contributed by atoms with van der Waals surface area (Å²) in [6.07, 6.45) is 1.80. The Morgan fingerprint density at radius 1 is 1.00 bits per heavy atom. The first-order valence-corrected chi connectivity index (χ1v) is 6.70. The molecule has 0 aliphatic carbocycles. The van der Waals surface area contributed by atoms with Gasteiger partial charge in [-0.25, -0.2) is 4.98 Å². The quantitative estimate of drug-likeness (QED) is 0.779. The van der Waals surface area contributed by atoms with Crippen LogP contribution >= 0.6 is 43.6 Å². The summed E-state index contributed by atoms with van der Waals surface area (Å²) in [5.74, 6) is 0. The summed E-state index contributed by atoms with van der Waals surface area (Å²) in [7, 11) is 0. The predicted octanol–water partition coefficient (Wildman–Crippen LogP) is 4.76. The van der Waals surface area contributed by atoms with Gasteiger partial charge in [0.25, 0.3) is 0 Å². The number of nitrogens with zero attached hydrogens (tertiary/aromatic N) is 1. The van der Waals surface area contributed by atoms with E-state index in [4.69, 9.17) is 0 Å². The fourth-order valence-electron chi connectivity index (χ4n) is 1.06. The van der Waals surface area contributed by atoms with E-state index in [0.717, 1.165) is 14.0 Å². The Balaban J connectivity index is 2.22. The van der Waals surface area contributed by atoms with Crippen LogP contribution in [0.15, 0.2) is 61.5 Å². The molecule has 2 rings (SSSR count). The second kappa shape index (κ2) is 5.14. The fourth-order valence-corrected chi connectivity index (χ4v) is 2.60. The standard InChI is InChI=1S/C11H7Br2NS/c12-8-3-5-9(6-4-8)15-11-10(13)2-1-7-14-11/h1-7H. The molecule has 1 heterocycles. The number of halogens is 2. The molecule has 1 aromatic carbocycles. The summed E-state index contributed by atoms with van der Waals surface area (Å²) < 4.78 is 2.12. The summed E-state index contributed by atoms with van der Waals surface area (Å²) in [6.45, 7) is 0. The highest BCUT2D eigenvalue weighted by Gasteiger charge is 2.02. The Hall–Kier alpha value is -0.320. The van der Waals surface area contributed by atoms with Crippen LogP contribution in [-0.2, 0) is 0 Å². The Morgan fingerprint density at radius 3 is 2.40 bits per heavy atom. The van der Waals surface area contributed by atoms with Crippen LogP contribution < -0.4 is 0 Å². The van der Waals surface area contributed by atoms with Crippen molar-refractivity contribution < 1.29 is 0 Å². The molecule has 15 heavy (non-hydrogen) atoms. The Morgan fingerprint density at radius 2 is 1.73 bits per heavy atom. The number of hydrogen-bond donors (Lipinski definition) is 0. The van der Waals surface area contributed by atoms with E-state index >= 15 is 0 Å². The number of aromatic nitrogens is 1. The third-order valence-corrected chi connectivity index (χ3v) is 4.21. The topological polar surface area (TPSA) is 12.9 Å². The molecule has 0 saturated carbocycles. The molecule has 0 amide bonds. The Kier molecular flexibility index (Phi) is 3.83. The molecule has 4 heteroatoms. The normalized spacial score (nSPS) is 10.3. The molecule has 0 spiro atoms. The molecule has 0 atom stereocenters. The van der Waals surface area contributed by atoms with Gasteiger partial charge in [-0.3, -0.25) is 0 Å². The molecule has 0 bridgehead atoms. The SMILES string of the molecule is Brc1ccc(Sc2ncccc2Br)cc1. The average molecular weight is 345 g/mol. The second-order valence-corrected chi connectivity index (χ2v) is 5.68. The first-order valence-electron chi connectivity index (χ1n) is 4.29. The molecule has 0 aliphatic rings. The highest BCUT2D eigenvalue weighted by molar-refractivity contribution is 9.10. The fraction of sp³-hybridized carbons (Fsp3) is 0. The van der Waals surface area contributed by atoms with Crippen LogP contribution in [0.4, 0.5) is 0 Å². The van der Waals surface area contributed by atoms with Crippen LogP contribution in [0.3, 0.4) is 0 Å². The van der Waals surface area contributed by atoms with Crippen LogP contribution in [0.25, 0.3) is 0 Å². The van der Waals surface area contributed by atoms with E-state index in [1.54, 1.807) is 18.0 Å². The van der Waals surface area contributed by atoms with Crippen molar-refractivity contribution in [2.24, 2.45) is 0 Å². The van der Waals surface area contributed by atoms with Gasteiger partial charge >= 0.3 is 0 Å². The van der Waals surface area contributed by atoms with Crippen molar-refractivity contribution in [2.45, 2.75) is 9.92 Å². The Bertz CT molecular complexity index is 456. The van der Waals surface area contributed by atoms with Crippen LogP contribution in [0.2, 0.25) is 0 Å². The molecule has 0 aliphatic heterocycles. The minimum absolute atomic E-state index is 0.986. The summed E-state index contributed by atoms with van der Waals surface area (Å²) in [6, 6.07) is 12.1. The average Bonchev–Trinajstić information content (AvgIpc) is 2.25. The predicted molar refractivity (Wildman–Crippen MR) is 70.2 cm³/mol. The molecular weight excluding hydrogens is 338 g/mol. The molecule has 1 nitrogen and oxygen atoms in total. The van der Waals surface area contributed by atoms with Crippen LogP contribution in [0, 0.1) is 0 Å². The van der Waals surface area contributed by atoms with Crippen molar-refractivity contribution in [3.8, 4) is 0 Å². The Labute approximate surface area is 110 Å². The van der Waals surface area contributed by atoms with Crippen molar-refractivity contribution in [1.82, 2.24) is 4.98 Å². The lowest BCUT2D eigenvalue weighted by atomic mass is 10.4. The highest BCUT2D eigenvalue weighted by Crippen LogP contribution is 2.31. The van der Waals surface area contributed by atoms with E-state index in [9.17, 15) is 0 Å². The van der Waals surface area contributed by atoms with Crippen molar-refractivity contribution in [1.29, 1.82) is 0 Å². The summed E-state index contributed by atoms with van der Waals surface area (Å²) >= 11 is 8.53. The minimum atomic E-state index is 0.986. The van der Waals surface area contributed by atoms with E-state index in [-0.39, 0.29) is 0 Å². The van der Waals surface area contributed by atoms with E-state index in [1.165, 1.54) is 4.90 Å². The van der Waals surface area contributed by atoms with Gasteiger partial charge in [0.1, 0.15) is 5.03 Å². The van der Waals surface area contributed by atoms with E-state index in [2.05, 4.69) is 49.0 Å². The molecule has 0 fully saturated rings. The van der Waals surface area contributed by atoms with E-state index in [1.807, 2.05) is 24.3 Å². The molecule has 0 saturated heterocycles. The van der Waals surface area contributed by atoms with Gasteiger partial charge in [0.15, 0.2) is 0 Å². The van der Waals surface area contributed by atoms with Gasteiger partial charge in [-0.15, -0.1) is 0 Å². The van der Waals surface area contributed by atoms with Crippen LogP contribution in [-0.4, -0.2) is 4.98 Å². The molecule has 76 valence electrons. The third kappa shape index (κ3) is 3.06. The van der Waals surface area contributed by atoms with Gasteiger partial charge in [0.2, 0.25) is 0 Å². The maximum absolute atomic E-state index is 4.30. The number of hydrogen-bond acceptors (Lipinski definition) is 2. The van der Waals surface area contributed by atoms with E-state index in [0.29, 0.717) is 0 Å². The lowest BCUT2D eigenvalue weighted by Gasteiger charge is -2.02. The molecular formula is C11H7Br2NS. The zero-order valence-corrected chi connectivity index (χ0v) is 11.6. The van der Waals surface area contributed by atoms with Crippen molar-refractivity contribution in [3.05, 3.63) is 51.5 Å². The molecule has 0 radical (unpaired) electrons. The molecule has 0 N–H and O–H groups in total. The maximum Gasteiger partial charge on any atom is 0.115 e. The molecule has 1 aromatic heterocycles. The van der Waals surface area contributed by atoms with Crippen LogP contribution in [0.5, 0.6) is 0 Å². The smallest absolute Gasteiger partial charge is 0.115 e. The monoisotopic (exact) mass is 343 g/mol. The van der Waals surface area contributed by atoms with Gasteiger partial charge in [0.05, 0.1) is 4.47 Å². The van der Waals surface area contributed by atoms with Crippen molar-refractivity contribution in [2.75, 3.05) is 0 Å². The van der Waals surface area contributed by atoms with Gasteiger partial charge in [-0.1, -0.05) is 27.7 Å². The summed E-state index contributed by atoms with van der Waals surface area (Å²) in [5.41, 5.74) is 0. The number of benzene rings is 1. The molecule has 0 unspecified atom stereocenters. The summed E-state index contributed by atoms with van der Waals surface area (Å²) in [4.78, 5) is 5.48. The third-order valence-electron chi connectivity index (χ3n) is 1.75. The lowest BCUT2D eigenvalue weighted by Crippen LogP contribution is -1.80. The largest absolute Gasteiger partial charge is 0.248 e. The van der Waals surface area contributed by atoms with Crippen molar-refractivity contribution in [3.63, 3.8) is 0 Å². The van der Waals surface area contributed by atoms with Crippen molar-refractivity contribution >= 4 is 43.6 Å². The van der Waals surface area contributed by atoms with Gasteiger partial charge in [-0.2, -0.15) is 0 Å². The van der Waals surface area contributed by atoms with E-state index < -0.39 is 0 Å². The molecule has 2 aromatic rings. The zero-order chi connectivity index (χ0) is 10.7. The number of rotatable bonds is 2. The maximum atomic E-state index is 4.30. The second-order valence-electron chi connectivity index (χ2n) is 2.85. The lowest BCUT2D eigenvalue weighted by molar-refractivity contribution is 1.11.